The van der Waals surface area contributed by atoms with Crippen LogP contribution in [0.25, 0.3) is 0 Å². The van der Waals surface area contributed by atoms with Crippen LogP contribution < -0.4 is 15.6 Å². The van der Waals surface area contributed by atoms with Crippen LogP contribution in [-0.2, 0) is 0 Å². The third kappa shape index (κ3) is 2.60. The predicted molar refractivity (Wildman–Crippen MR) is 99.0 cm³/mol. The molecule has 3 aromatic rings. The van der Waals surface area contributed by atoms with Crippen LogP contribution in [-0.4, -0.2) is 8.07 Å². The largest absolute Gasteiger partial charge is 0.198 e. The van der Waals surface area contributed by atoms with Gasteiger partial charge in [0.15, 0.2) is 8.07 Å². The molecule has 1 nitrogen and oxygen atoms in total. The molecule has 0 amide bonds. The Labute approximate surface area is 138 Å². The summed E-state index contributed by atoms with van der Waals surface area (Å²) < 4.78 is 0. The van der Waals surface area contributed by atoms with Gasteiger partial charge in [-0.25, -0.2) is 0 Å². The molecule has 0 heterocycles. The van der Waals surface area contributed by atoms with E-state index in [2.05, 4.69) is 85.8 Å². The first kappa shape index (κ1) is 15.3. The fourth-order valence-corrected chi connectivity index (χ4v) is 8.30. The van der Waals surface area contributed by atoms with Crippen LogP contribution in [0.3, 0.4) is 0 Å². The molecule has 0 fully saturated rings. The molecule has 0 bridgehead atoms. The molecule has 0 saturated heterocycles. The van der Waals surface area contributed by atoms with E-state index in [9.17, 15) is 5.26 Å². The van der Waals surface area contributed by atoms with E-state index in [-0.39, 0.29) is 5.54 Å². The van der Waals surface area contributed by atoms with Gasteiger partial charge in [0.05, 0.1) is 11.6 Å². The maximum atomic E-state index is 9.84. The monoisotopic (exact) mass is 313 g/mol. The summed E-state index contributed by atoms with van der Waals surface area (Å²) in [6.07, 6.45) is 0. The quantitative estimate of drug-likeness (QED) is 0.536. The van der Waals surface area contributed by atoms with Crippen LogP contribution in [0.1, 0.15) is 6.92 Å². The lowest BCUT2D eigenvalue weighted by molar-refractivity contribution is 1.16. The molecule has 0 saturated carbocycles. The molecule has 0 radical (unpaired) electrons. The van der Waals surface area contributed by atoms with E-state index in [0.717, 1.165) is 0 Å². The maximum absolute atomic E-state index is 9.84. The highest BCUT2D eigenvalue weighted by molar-refractivity contribution is 7.12. The van der Waals surface area contributed by atoms with E-state index >= 15 is 0 Å². The van der Waals surface area contributed by atoms with E-state index in [1.54, 1.807) is 0 Å². The molecule has 0 aliphatic heterocycles. The molecule has 3 rings (SSSR count). The molecule has 23 heavy (non-hydrogen) atoms. The van der Waals surface area contributed by atoms with Gasteiger partial charge in [-0.2, -0.15) is 5.26 Å². The third-order valence-corrected chi connectivity index (χ3v) is 9.69. The summed E-state index contributed by atoms with van der Waals surface area (Å²) in [5, 5.41) is 13.7. The Bertz CT molecular complexity index is 695. The smallest absolute Gasteiger partial charge is 0.164 e. The maximum Gasteiger partial charge on any atom is 0.164 e. The van der Waals surface area contributed by atoms with Crippen LogP contribution >= 0.6 is 0 Å². The zero-order valence-electron chi connectivity index (χ0n) is 13.2. The molecule has 2 heteroatoms. The summed E-state index contributed by atoms with van der Waals surface area (Å²) in [5.74, 6) is 0. The average molecular weight is 313 g/mol. The summed E-state index contributed by atoms with van der Waals surface area (Å²) in [5.41, 5.74) is -0.0605. The predicted octanol–water partition coefficient (Wildman–Crippen LogP) is 3.07. The lowest BCUT2D eigenvalue weighted by Gasteiger charge is -2.35. The molecule has 0 aliphatic rings. The van der Waals surface area contributed by atoms with Crippen molar-refractivity contribution < 1.29 is 0 Å². The molecular formula is C21H19NSi. The number of hydrogen-bond acceptors (Lipinski definition) is 1. The van der Waals surface area contributed by atoms with Crippen molar-refractivity contribution in [3.05, 3.63) is 91.0 Å². The van der Waals surface area contributed by atoms with Gasteiger partial charge in [0.1, 0.15) is 0 Å². The highest BCUT2D eigenvalue weighted by Gasteiger charge is 2.44. The number of nitrogens with zero attached hydrogens (tertiary/aromatic N) is 1. The minimum Gasteiger partial charge on any atom is -0.198 e. The molecule has 1 atom stereocenters. The highest BCUT2D eigenvalue weighted by Crippen LogP contribution is 2.21. The molecule has 1 unspecified atom stereocenters. The summed E-state index contributed by atoms with van der Waals surface area (Å²) >= 11 is 0. The normalized spacial score (nSPS) is 12.3. The molecule has 0 aromatic heterocycles. The van der Waals surface area contributed by atoms with E-state index < -0.39 is 8.07 Å². The van der Waals surface area contributed by atoms with Crippen molar-refractivity contribution in [1.82, 2.24) is 0 Å². The second kappa shape index (κ2) is 6.64. The van der Waals surface area contributed by atoms with Gasteiger partial charge in [0.2, 0.25) is 0 Å². The minimum atomic E-state index is -2.39. The summed E-state index contributed by atoms with van der Waals surface area (Å²) in [6.45, 7) is 2.07. The Morgan fingerprint density at radius 3 is 1.22 bits per heavy atom. The SMILES string of the molecule is CC(C#N)[Si](c1ccccc1)(c1ccccc1)c1ccccc1. The number of rotatable bonds is 4. The molecule has 0 aliphatic carbocycles. The molecule has 112 valence electrons. The Hall–Kier alpha value is -2.63. The van der Waals surface area contributed by atoms with Crippen molar-refractivity contribution >= 4 is 23.6 Å². The van der Waals surface area contributed by atoms with E-state index in [1.165, 1.54) is 15.6 Å². The fourth-order valence-electron chi connectivity index (χ4n) is 3.45. The van der Waals surface area contributed by atoms with Crippen LogP contribution in [0, 0.1) is 11.3 Å². The average Bonchev–Trinajstić information content (AvgIpc) is 2.65. The zero-order valence-corrected chi connectivity index (χ0v) is 14.2. The van der Waals surface area contributed by atoms with E-state index in [0.29, 0.717) is 0 Å². The summed E-state index contributed by atoms with van der Waals surface area (Å²) in [4.78, 5) is 0. The first-order chi connectivity index (χ1) is 11.3. The van der Waals surface area contributed by atoms with Gasteiger partial charge in [-0.3, -0.25) is 0 Å². The minimum absolute atomic E-state index is 0.0605. The van der Waals surface area contributed by atoms with Gasteiger partial charge in [-0.1, -0.05) is 97.9 Å². The number of hydrogen-bond donors (Lipinski definition) is 0. The van der Waals surface area contributed by atoms with Crippen molar-refractivity contribution in [3.8, 4) is 6.07 Å². The van der Waals surface area contributed by atoms with Crippen LogP contribution in [0.5, 0.6) is 0 Å². The standard InChI is InChI=1S/C21H19NSi/c1-18(17-22)23(19-11-5-2-6-12-19,20-13-7-3-8-14-20)21-15-9-4-10-16-21/h2-16,18H,1H3. The Morgan fingerprint density at radius 1 is 0.652 bits per heavy atom. The molecule has 0 spiro atoms. The highest BCUT2D eigenvalue weighted by atomic mass is 28.3. The van der Waals surface area contributed by atoms with Gasteiger partial charge in [0, 0.05) is 0 Å². The third-order valence-electron chi connectivity index (χ3n) is 4.53. The van der Waals surface area contributed by atoms with Crippen molar-refractivity contribution in [2.75, 3.05) is 0 Å². The Kier molecular flexibility index (Phi) is 4.41. The van der Waals surface area contributed by atoms with Gasteiger partial charge < -0.3 is 0 Å². The second-order valence-corrected chi connectivity index (χ2v) is 9.97. The first-order valence-electron chi connectivity index (χ1n) is 7.86. The van der Waals surface area contributed by atoms with E-state index in [1.807, 2.05) is 18.2 Å². The first-order valence-corrected chi connectivity index (χ1v) is 9.94. The van der Waals surface area contributed by atoms with Crippen LogP contribution in [0.15, 0.2) is 91.0 Å². The fraction of sp³-hybridized carbons (Fsp3) is 0.0952. The van der Waals surface area contributed by atoms with Crippen molar-refractivity contribution in [1.29, 1.82) is 5.26 Å². The second-order valence-electron chi connectivity index (χ2n) is 5.76. The van der Waals surface area contributed by atoms with Crippen LogP contribution in [0.2, 0.25) is 5.54 Å². The Morgan fingerprint density at radius 2 is 0.957 bits per heavy atom. The topological polar surface area (TPSA) is 23.8 Å². The van der Waals surface area contributed by atoms with E-state index in [4.69, 9.17) is 0 Å². The number of benzene rings is 3. The van der Waals surface area contributed by atoms with Crippen molar-refractivity contribution in [2.24, 2.45) is 0 Å². The summed E-state index contributed by atoms with van der Waals surface area (Å²) in [6, 6.07) is 34.2. The molecule has 0 N–H and O–H groups in total. The Balaban J connectivity index is 2.38. The van der Waals surface area contributed by atoms with Gasteiger partial charge >= 0.3 is 0 Å². The van der Waals surface area contributed by atoms with Gasteiger partial charge in [0.25, 0.3) is 0 Å². The number of nitriles is 1. The molecule has 3 aromatic carbocycles. The lowest BCUT2D eigenvalue weighted by atomic mass is 10.3. The van der Waals surface area contributed by atoms with Crippen molar-refractivity contribution in [3.63, 3.8) is 0 Å². The van der Waals surface area contributed by atoms with Crippen LogP contribution in [0.4, 0.5) is 0 Å². The molecular weight excluding hydrogens is 294 g/mol. The zero-order chi connectivity index (χ0) is 16.1. The summed E-state index contributed by atoms with van der Waals surface area (Å²) in [7, 11) is -2.39. The van der Waals surface area contributed by atoms with Gasteiger partial charge in [-0.15, -0.1) is 0 Å². The lowest BCUT2D eigenvalue weighted by Crippen LogP contribution is -2.69. The van der Waals surface area contributed by atoms with Gasteiger partial charge in [-0.05, 0) is 15.6 Å². The van der Waals surface area contributed by atoms with Crippen molar-refractivity contribution in [2.45, 2.75) is 12.5 Å².